The molecule has 1 aliphatic carbocycles. The number of hydrogen-bond acceptors (Lipinski definition) is 5. The third-order valence-electron chi connectivity index (χ3n) is 4.42. The Morgan fingerprint density at radius 1 is 1.25 bits per heavy atom. The van der Waals surface area contributed by atoms with Crippen molar-refractivity contribution in [2.45, 2.75) is 42.7 Å². The lowest BCUT2D eigenvalue weighted by atomic mass is 10.2. The van der Waals surface area contributed by atoms with Crippen LogP contribution in [-0.4, -0.2) is 40.9 Å². The van der Waals surface area contributed by atoms with Gasteiger partial charge in [-0.15, -0.1) is 0 Å². The standard InChI is InChI=1S/C18H21N3O2S/c22-16(19-10-13-4-3-9-23-13)11-24-18-14-5-1-2-6-15(14)20-17(21-18)12-7-8-12/h1-2,5-6,12-13H,3-4,7-11H2,(H,19,22)/t13-/m0/s1. The molecule has 5 nitrogen and oxygen atoms in total. The molecule has 2 aliphatic rings. The molecule has 1 aromatic carbocycles. The van der Waals surface area contributed by atoms with Gasteiger partial charge in [-0.25, -0.2) is 9.97 Å². The lowest BCUT2D eigenvalue weighted by molar-refractivity contribution is -0.119. The van der Waals surface area contributed by atoms with Gasteiger partial charge in [-0.3, -0.25) is 4.79 Å². The molecule has 6 heteroatoms. The molecule has 0 spiro atoms. The number of nitrogens with one attached hydrogen (secondary N) is 1. The van der Waals surface area contributed by atoms with Crippen LogP contribution in [0.2, 0.25) is 0 Å². The molecule has 126 valence electrons. The van der Waals surface area contributed by atoms with Gasteiger partial charge < -0.3 is 10.1 Å². The fourth-order valence-electron chi connectivity index (χ4n) is 2.92. The molecule has 1 saturated carbocycles. The minimum absolute atomic E-state index is 0.0335. The van der Waals surface area contributed by atoms with Crippen molar-refractivity contribution in [3.63, 3.8) is 0 Å². The van der Waals surface area contributed by atoms with Gasteiger partial charge in [0, 0.05) is 24.5 Å². The SMILES string of the molecule is O=C(CSc1nc(C2CC2)nc2ccccc12)NC[C@@H]1CCCO1. The van der Waals surface area contributed by atoms with E-state index in [9.17, 15) is 4.79 Å². The van der Waals surface area contributed by atoms with Crippen LogP contribution in [-0.2, 0) is 9.53 Å². The van der Waals surface area contributed by atoms with Crippen LogP contribution in [0.1, 0.15) is 37.4 Å². The Bertz CT molecular complexity index is 742. The van der Waals surface area contributed by atoms with Gasteiger partial charge in [-0.1, -0.05) is 30.0 Å². The maximum atomic E-state index is 12.1. The van der Waals surface area contributed by atoms with Gasteiger partial charge >= 0.3 is 0 Å². The van der Waals surface area contributed by atoms with Gasteiger partial charge in [0.05, 0.1) is 17.4 Å². The molecule has 1 amide bonds. The molecule has 1 saturated heterocycles. The Balaban J connectivity index is 1.42. The number of benzene rings is 1. The number of aromatic nitrogens is 2. The second kappa shape index (κ2) is 7.07. The summed E-state index contributed by atoms with van der Waals surface area (Å²) in [5.41, 5.74) is 0.969. The first-order valence-electron chi connectivity index (χ1n) is 8.57. The van der Waals surface area contributed by atoms with E-state index in [0.717, 1.165) is 41.2 Å². The van der Waals surface area contributed by atoms with E-state index in [1.54, 1.807) is 0 Å². The Morgan fingerprint density at radius 2 is 2.12 bits per heavy atom. The Morgan fingerprint density at radius 3 is 2.92 bits per heavy atom. The van der Waals surface area contributed by atoms with Gasteiger partial charge in [0.1, 0.15) is 10.9 Å². The van der Waals surface area contributed by atoms with Crippen molar-refractivity contribution < 1.29 is 9.53 Å². The Kier molecular flexibility index (Phi) is 4.67. The van der Waals surface area contributed by atoms with E-state index < -0.39 is 0 Å². The van der Waals surface area contributed by atoms with Crippen LogP contribution in [0.25, 0.3) is 10.9 Å². The fourth-order valence-corrected chi connectivity index (χ4v) is 3.77. The Labute approximate surface area is 145 Å². The monoisotopic (exact) mass is 343 g/mol. The molecule has 2 aromatic rings. The second-order valence-electron chi connectivity index (χ2n) is 6.41. The minimum atomic E-state index is 0.0335. The summed E-state index contributed by atoms with van der Waals surface area (Å²) in [6.45, 7) is 1.42. The van der Waals surface area contributed by atoms with E-state index >= 15 is 0 Å². The molecule has 1 N–H and O–H groups in total. The minimum Gasteiger partial charge on any atom is -0.376 e. The van der Waals surface area contributed by atoms with E-state index in [4.69, 9.17) is 9.72 Å². The van der Waals surface area contributed by atoms with Crippen molar-refractivity contribution in [1.29, 1.82) is 0 Å². The van der Waals surface area contributed by atoms with Gasteiger partial charge in [-0.2, -0.15) is 0 Å². The maximum absolute atomic E-state index is 12.1. The first-order valence-corrected chi connectivity index (χ1v) is 9.56. The van der Waals surface area contributed by atoms with Gasteiger partial charge in [0.25, 0.3) is 0 Å². The summed E-state index contributed by atoms with van der Waals surface area (Å²) < 4.78 is 5.53. The smallest absolute Gasteiger partial charge is 0.230 e. The molecule has 1 aliphatic heterocycles. The molecule has 0 radical (unpaired) electrons. The first kappa shape index (κ1) is 15.8. The van der Waals surface area contributed by atoms with Gasteiger partial charge in [0.15, 0.2) is 0 Å². The number of nitrogens with zero attached hydrogens (tertiary/aromatic N) is 2. The van der Waals surface area contributed by atoms with Gasteiger partial charge in [-0.05, 0) is 31.7 Å². The summed E-state index contributed by atoms with van der Waals surface area (Å²) in [6, 6.07) is 8.03. The molecule has 1 atom stereocenters. The normalized spacial score (nSPS) is 20.4. The summed E-state index contributed by atoms with van der Waals surface area (Å²) in [5, 5.41) is 4.90. The number of carbonyl (C=O) groups is 1. The quantitative estimate of drug-likeness (QED) is 0.645. The molecule has 0 bridgehead atoms. The largest absolute Gasteiger partial charge is 0.376 e. The molecule has 4 rings (SSSR count). The Hall–Kier alpha value is -1.66. The van der Waals surface area contributed by atoms with Crippen molar-refractivity contribution >= 4 is 28.6 Å². The van der Waals surface area contributed by atoms with Crippen LogP contribution in [0.4, 0.5) is 0 Å². The molecule has 2 heterocycles. The summed E-state index contributed by atoms with van der Waals surface area (Å²) in [5.74, 6) is 1.84. The van der Waals surface area contributed by atoms with Crippen LogP contribution in [0.5, 0.6) is 0 Å². The van der Waals surface area contributed by atoms with Crippen LogP contribution in [0.3, 0.4) is 0 Å². The topological polar surface area (TPSA) is 64.1 Å². The van der Waals surface area contributed by atoms with Crippen molar-refractivity contribution in [2.24, 2.45) is 0 Å². The van der Waals surface area contributed by atoms with Crippen molar-refractivity contribution in [1.82, 2.24) is 15.3 Å². The zero-order valence-electron chi connectivity index (χ0n) is 13.5. The average Bonchev–Trinajstić information content (AvgIpc) is 3.33. The van der Waals surface area contributed by atoms with Crippen molar-refractivity contribution in [2.75, 3.05) is 18.9 Å². The van der Waals surface area contributed by atoms with Crippen molar-refractivity contribution in [3.05, 3.63) is 30.1 Å². The van der Waals surface area contributed by atoms with E-state index in [1.807, 2.05) is 24.3 Å². The van der Waals surface area contributed by atoms with Crippen LogP contribution >= 0.6 is 11.8 Å². The highest BCUT2D eigenvalue weighted by molar-refractivity contribution is 8.00. The van der Waals surface area contributed by atoms with E-state index in [-0.39, 0.29) is 12.0 Å². The van der Waals surface area contributed by atoms with E-state index in [1.165, 1.54) is 24.6 Å². The van der Waals surface area contributed by atoms with Crippen LogP contribution in [0, 0.1) is 0 Å². The average molecular weight is 343 g/mol. The van der Waals surface area contributed by atoms with Crippen LogP contribution < -0.4 is 5.32 Å². The second-order valence-corrected chi connectivity index (χ2v) is 7.37. The highest BCUT2D eigenvalue weighted by Gasteiger charge is 2.27. The molecule has 2 fully saturated rings. The zero-order valence-corrected chi connectivity index (χ0v) is 14.3. The number of thioether (sulfide) groups is 1. The van der Waals surface area contributed by atoms with Gasteiger partial charge in [0.2, 0.25) is 5.91 Å². The molecular formula is C18H21N3O2S. The van der Waals surface area contributed by atoms with Crippen molar-refractivity contribution in [3.8, 4) is 0 Å². The number of para-hydroxylation sites is 1. The number of rotatable bonds is 6. The summed E-state index contributed by atoms with van der Waals surface area (Å²) >= 11 is 1.50. The third kappa shape index (κ3) is 3.70. The highest BCUT2D eigenvalue weighted by Crippen LogP contribution is 2.39. The number of ether oxygens (including phenoxy) is 1. The number of amides is 1. The summed E-state index contributed by atoms with van der Waals surface area (Å²) in [7, 11) is 0. The van der Waals surface area contributed by atoms with E-state index in [2.05, 4.69) is 10.3 Å². The number of hydrogen-bond donors (Lipinski definition) is 1. The highest BCUT2D eigenvalue weighted by atomic mass is 32.2. The number of carbonyl (C=O) groups excluding carboxylic acids is 1. The predicted octanol–water partition coefficient (Wildman–Crippen LogP) is 2.89. The fraction of sp³-hybridized carbons (Fsp3) is 0.500. The maximum Gasteiger partial charge on any atom is 0.230 e. The number of fused-ring (bicyclic) bond motifs is 1. The zero-order chi connectivity index (χ0) is 16.4. The van der Waals surface area contributed by atoms with Crippen LogP contribution in [0.15, 0.2) is 29.3 Å². The molecule has 0 unspecified atom stereocenters. The third-order valence-corrected chi connectivity index (χ3v) is 5.41. The summed E-state index contributed by atoms with van der Waals surface area (Å²) in [6.07, 6.45) is 4.65. The predicted molar refractivity (Wildman–Crippen MR) is 94.2 cm³/mol. The molecular weight excluding hydrogens is 322 g/mol. The first-order chi connectivity index (χ1) is 11.8. The van der Waals surface area contributed by atoms with E-state index in [0.29, 0.717) is 18.2 Å². The lowest BCUT2D eigenvalue weighted by Crippen LogP contribution is -2.32. The molecule has 1 aromatic heterocycles. The summed E-state index contributed by atoms with van der Waals surface area (Å²) in [4.78, 5) is 21.5. The lowest BCUT2D eigenvalue weighted by Gasteiger charge is -2.11. The molecule has 24 heavy (non-hydrogen) atoms.